The van der Waals surface area contributed by atoms with Crippen molar-refractivity contribution in [3.8, 4) is 11.1 Å². The number of halogens is 6. The molecule has 0 aliphatic carbocycles. The molecule has 1 aliphatic rings. The molecule has 0 bridgehead atoms. The first-order valence-electron chi connectivity index (χ1n) is 18.6. The second-order valence-corrected chi connectivity index (χ2v) is 16.1. The number of carbonyl (C=O) groups excluding carboxylic acids is 4. The average Bonchev–Trinajstić information content (AvgIpc) is 3.74. The van der Waals surface area contributed by atoms with Crippen LogP contribution < -0.4 is 16.4 Å². The Kier molecular flexibility index (Phi) is 16.2. The number of nitrogens with one attached hydrogen (secondary N) is 2. The lowest BCUT2D eigenvalue weighted by Gasteiger charge is -2.42. The number of benzene rings is 2. The van der Waals surface area contributed by atoms with E-state index in [4.69, 9.17) is 5.73 Å². The average molecular weight is 826 g/mol. The summed E-state index contributed by atoms with van der Waals surface area (Å²) < 4.78 is 89.6. The Balaban J connectivity index is 1.69. The van der Waals surface area contributed by atoms with Crippen LogP contribution in [-0.2, 0) is 30.5 Å². The smallest absolute Gasteiger partial charge is 0.385 e. The quantitative estimate of drug-likeness (QED) is 0.0587. The van der Waals surface area contributed by atoms with E-state index in [9.17, 15) is 36.7 Å². The molecule has 2 aromatic carbocycles. The van der Waals surface area contributed by atoms with Gasteiger partial charge in [-0.2, -0.15) is 13.2 Å². The number of esters is 2. The first-order chi connectivity index (χ1) is 26.9. The highest BCUT2D eigenvalue weighted by molar-refractivity contribution is 8.00. The van der Waals surface area contributed by atoms with Crippen molar-refractivity contribution in [1.29, 1.82) is 0 Å². The Labute approximate surface area is 332 Å². The van der Waals surface area contributed by atoms with Gasteiger partial charge in [-0.25, -0.2) is 22.8 Å². The predicted molar refractivity (Wildman–Crippen MR) is 204 cm³/mol. The molecule has 0 radical (unpaired) electrons. The summed E-state index contributed by atoms with van der Waals surface area (Å²) in [6.07, 6.45) is -3.58. The number of unbranched alkanes of at least 4 members (excludes halogenated alkanes) is 2. The number of aromatic nitrogens is 1. The van der Waals surface area contributed by atoms with E-state index in [0.29, 0.717) is 37.1 Å². The van der Waals surface area contributed by atoms with E-state index < -0.39 is 76.9 Å². The molecule has 17 heteroatoms. The van der Waals surface area contributed by atoms with Gasteiger partial charge in [0.05, 0.1) is 11.8 Å². The van der Waals surface area contributed by atoms with Crippen LogP contribution in [0.5, 0.6) is 0 Å². The van der Waals surface area contributed by atoms with Gasteiger partial charge in [-0.05, 0) is 54.6 Å². The molecule has 0 unspecified atom stereocenters. The molecule has 2 amide bonds. The lowest BCUT2D eigenvalue weighted by atomic mass is 9.82. The molecule has 4 N–H and O–H groups in total. The molecular formula is C40H49F6N5O5S. The lowest BCUT2D eigenvalue weighted by molar-refractivity contribution is -0.202. The van der Waals surface area contributed by atoms with Crippen LogP contribution in [0.1, 0.15) is 63.8 Å². The molecule has 0 spiro atoms. The predicted octanol–water partition coefficient (Wildman–Crippen LogP) is 6.32. The number of rotatable bonds is 18. The van der Waals surface area contributed by atoms with Crippen molar-refractivity contribution in [3.05, 3.63) is 83.7 Å². The summed E-state index contributed by atoms with van der Waals surface area (Å²) in [6, 6.07) is 11.6. The van der Waals surface area contributed by atoms with Gasteiger partial charge < -0.3 is 30.6 Å². The van der Waals surface area contributed by atoms with Gasteiger partial charge in [-0.3, -0.25) is 9.59 Å². The number of amides is 2. The number of nitrogens with zero attached hydrogens (tertiary/aromatic N) is 2. The first kappa shape index (κ1) is 45.4. The third-order valence-corrected chi connectivity index (χ3v) is 10.5. The SMILES string of the molecule is CC(C)(C)[C@H](c1cc(-c2cc(F)ccc2F)cn1Cc1ccccc1)N(C[C@@H]1CNC[C@@H]1F)C(=O)CSC[C@H](NC(=O)CCCCCN)C(=O)OC(=O)C(F)(F)F. The molecule has 1 aliphatic heterocycles. The first-order valence-corrected chi connectivity index (χ1v) is 19.8. The van der Waals surface area contributed by atoms with Crippen LogP contribution in [0.4, 0.5) is 26.3 Å². The summed E-state index contributed by atoms with van der Waals surface area (Å²) in [4.78, 5) is 52.9. The minimum absolute atomic E-state index is 0.00340. The number of thioether (sulfide) groups is 1. The van der Waals surface area contributed by atoms with E-state index in [1.807, 2.05) is 55.7 Å². The molecule has 4 rings (SSSR count). The highest BCUT2D eigenvalue weighted by Crippen LogP contribution is 2.42. The zero-order valence-corrected chi connectivity index (χ0v) is 32.9. The topological polar surface area (TPSA) is 136 Å². The van der Waals surface area contributed by atoms with Crippen LogP contribution in [-0.4, -0.2) is 89.3 Å². The number of hydrogen-bond acceptors (Lipinski definition) is 8. The number of alkyl halides is 4. The van der Waals surface area contributed by atoms with E-state index >= 15 is 8.78 Å². The molecule has 1 saturated heterocycles. The molecule has 10 nitrogen and oxygen atoms in total. The lowest BCUT2D eigenvalue weighted by Crippen LogP contribution is -2.47. The van der Waals surface area contributed by atoms with Crippen molar-refractivity contribution in [2.45, 2.75) is 77.4 Å². The van der Waals surface area contributed by atoms with Gasteiger partial charge in [0.25, 0.3) is 0 Å². The Morgan fingerprint density at radius 3 is 2.37 bits per heavy atom. The number of ether oxygens (including phenoxy) is 1. The molecule has 4 atom stereocenters. The van der Waals surface area contributed by atoms with Gasteiger partial charge in [-0.15, -0.1) is 11.8 Å². The van der Waals surface area contributed by atoms with Crippen LogP contribution in [0.2, 0.25) is 0 Å². The number of carbonyl (C=O) groups is 4. The maximum atomic E-state index is 15.2. The second-order valence-electron chi connectivity index (χ2n) is 15.1. The summed E-state index contributed by atoms with van der Waals surface area (Å²) in [5.74, 6) is -8.38. The molecule has 1 aromatic heterocycles. The summed E-state index contributed by atoms with van der Waals surface area (Å²) in [6.45, 7) is 6.56. The maximum Gasteiger partial charge on any atom is 0.491 e. The molecule has 1 fully saturated rings. The Hall–Kier alpha value is -4.35. The van der Waals surface area contributed by atoms with E-state index in [-0.39, 0.29) is 43.9 Å². The van der Waals surface area contributed by atoms with E-state index in [1.54, 1.807) is 12.3 Å². The van der Waals surface area contributed by atoms with Gasteiger partial charge in [0.2, 0.25) is 11.8 Å². The van der Waals surface area contributed by atoms with Crippen LogP contribution in [0.3, 0.4) is 0 Å². The van der Waals surface area contributed by atoms with Crippen molar-refractivity contribution in [1.82, 2.24) is 20.1 Å². The van der Waals surface area contributed by atoms with E-state index in [1.165, 1.54) is 4.90 Å². The van der Waals surface area contributed by atoms with Gasteiger partial charge in [0.1, 0.15) is 23.8 Å². The van der Waals surface area contributed by atoms with Crippen LogP contribution in [0.25, 0.3) is 11.1 Å². The third kappa shape index (κ3) is 13.1. The molecular weight excluding hydrogens is 777 g/mol. The highest BCUT2D eigenvalue weighted by Gasteiger charge is 2.44. The molecule has 57 heavy (non-hydrogen) atoms. The second kappa shape index (κ2) is 20.4. The van der Waals surface area contributed by atoms with Gasteiger partial charge >= 0.3 is 18.1 Å². The fourth-order valence-corrected chi connectivity index (χ4v) is 7.62. The third-order valence-electron chi connectivity index (χ3n) is 9.45. The molecule has 0 saturated carbocycles. The fourth-order valence-electron chi connectivity index (χ4n) is 6.70. The monoisotopic (exact) mass is 825 g/mol. The Morgan fingerprint density at radius 1 is 1.02 bits per heavy atom. The van der Waals surface area contributed by atoms with Gasteiger partial charge in [0.15, 0.2) is 0 Å². The summed E-state index contributed by atoms with van der Waals surface area (Å²) in [5.41, 5.74) is 6.47. The molecule has 2 heterocycles. The van der Waals surface area contributed by atoms with Crippen molar-refractivity contribution < 1.29 is 50.3 Å². The minimum Gasteiger partial charge on any atom is -0.385 e. The van der Waals surface area contributed by atoms with E-state index in [2.05, 4.69) is 15.4 Å². The summed E-state index contributed by atoms with van der Waals surface area (Å²) in [5, 5.41) is 5.32. The van der Waals surface area contributed by atoms with Gasteiger partial charge in [0, 0.05) is 67.3 Å². The number of hydrogen-bond donors (Lipinski definition) is 3. The minimum atomic E-state index is -5.47. The number of nitrogens with two attached hydrogens (primary N) is 1. The normalized spacial score (nSPS) is 16.9. The Morgan fingerprint density at radius 2 is 1.74 bits per heavy atom. The van der Waals surface area contributed by atoms with Crippen molar-refractivity contribution >= 4 is 35.5 Å². The standard InChI is InChI=1S/C40H49F6N5O5S/c1-39(2,3)36(33-16-26(29-17-28(41)13-14-30(29)42)21-50(33)20-25-10-6-4-7-11-25)51(22-27-18-48-19-31(27)43)35(53)24-57-23-32(37(54)56-38(55)40(44,45)46)49-34(52)12-8-5-9-15-47/h4,6-7,10-11,13-14,16-17,21,27,31-32,36,48H,5,8-9,12,15,18-20,22-24,47H2,1-3H3,(H,49,52)/t27-,31-,32-,36-/m0/s1. The largest absolute Gasteiger partial charge is 0.491 e. The Bertz CT molecular complexity index is 1840. The van der Waals surface area contributed by atoms with Crippen molar-refractivity contribution in [2.75, 3.05) is 37.7 Å². The fraction of sp³-hybridized carbons (Fsp3) is 0.500. The van der Waals surface area contributed by atoms with E-state index in [0.717, 1.165) is 35.5 Å². The highest BCUT2D eigenvalue weighted by atomic mass is 32.2. The van der Waals surface area contributed by atoms with Crippen molar-refractivity contribution in [3.63, 3.8) is 0 Å². The van der Waals surface area contributed by atoms with Gasteiger partial charge in [-0.1, -0.05) is 57.5 Å². The van der Waals surface area contributed by atoms with Crippen LogP contribution in [0, 0.1) is 23.0 Å². The summed E-state index contributed by atoms with van der Waals surface area (Å²) >= 11 is 0.806. The van der Waals surface area contributed by atoms with Crippen molar-refractivity contribution in [2.24, 2.45) is 17.1 Å². The summed E-state index contributed by atoms with van der Waals surface area (Å²) in [7, 11) is 0. The zero-order valence-electron chi connectivity index (χ0n) is 32.1. The van der Waals surface area contributed by atoms with Crippen LogP contribution >= 0.6 is 11.8 Å². The van der Waals surface area contributed by atoms with Crippen LogP contribution in [0.15, 0.2) is 60.8 Å². The maximum absolute atomic E-state index is 15.2. The zero-order chi connectivity index (χ0) is 41.9. The molecule has 312 valence electrons. The molecule has 3 aromatic rings.